The van der Waals surface area contributed by atoms with Gasteiger partial charge in [-0.15, -0.1) is 0 Å². The summed E-state index contributed by atoms with van der Waals surface area (Å²) in [6, 6.07) is 7.45. The van der Waals surface area contributed by atoms with E-state index < -0.39 is 24.1 Å². The van der Waals surface area contributed by atoms with Gasteiger partial charge < -0.3 is 19.8 Å². The number of aliphatic carboxylic acids is 1. The van der Waals surface area contributed by atoms with E-state index in [0.717, 1.165) is 10.5 Å². The molecule has 0 aromatic heterocycles. The van der Waals surface area contributed by atoms with Crippen molar-refractivity contribution in [3.63, 3.8) is 0 Å². The number of carbonyl (C=O) groups is 2. The summed E-state index contributed by atoms with van der Waals surface area (Å²) in [5.41, 5.74) is 1.09. The molecule has 6 nitrogen and oxygen atoms in total. The van der Waals surface area contributed by atoms with Gasteiger partial charge in [0, 0.05) is 6.54 Å². The number of likely N-dealkylation sites (tertiary alicyclic amines) is 1. The highest BCUT2D eigenvalue weighted by Gasteiger charge is 2.41. The van der Waals surface area contributed by atoms with E-state index in [-0.39, 0.29) is 13.1 Å². The maximum atomic E-state index is 11.2. The quantitative estimate of drug-likeness (QED) is 0.889. The average molecular weight is 293 g/mol. The van der Waals surface area contributed by atoms with Crippen LogP contribution in [-0.2, 0) is 4.79 Å². The van der Waals surface area contributed by atoms with Crippen LogP contribution in [0.15, 0.2) is 24.3 Å². The predicted octanol–water partition coefficient (Wildman–Crippen LogP) is 2.25. The van der Waals surface area contributed by atoms with Crippen molar-refractivity contribution < 1.29 is 24.5 Å². The van der Waals surface area contributed by atoms with Crippen molar-refractivity contribution in [1.29, 1.82) is 0 Å². The van der Waals surface area contributed by atoms with Crippen molar-refractivity contribution in [2.45, 2.75) is 25.9 Å². The lowest BCUT2D eigenvalue weighted by Gasteiger charge is -2.18. The molecule has 6 heteroatoms. The second kappa shape index (κ2) is 6.03. The summed E-state index contributed by atoms with van der Waals surface area (Å²) in [6.07, 6.45) is -1.79. The number of amides is 1. The molecule has 0 bridgehead atoms. The lowest BCUT2D eigenvalue weighted by atomic mass is 10.0. The molecule has 0 unspecified atom stereocenters. The molecule has 2 atom stereocenters. The first-order valence-corrected chi connectivity index (χ1v) is 6.85. The van der Waals surface area contributed by atoms with E-state index >= 15 is 0 Å². The molecule has 1 saturated heterocycles. The minimum Gasteiger partial charge on any atom is -0.488 e. The molecule has 1 heterocycles. The van der Waals surface area contributed by atoms with Gasteiger partial charge in [0.15, 0.2) is 0 Å². The fourth-order valence-corrected chi connectivity index (χ4v) is 2.41. The summed E-state index contributed by atoms with van der Waals surface area (Å²) < 4.78 is 5.73. The van der Waals surface area contributed by atoms with Crippen LogP contribution in [0.25, 0.3) is 0 Å². The first kappa shape index (κ1) is 15.2. The molecular formula is C15H19NO5. The number of ether oxygens (including phenoxy) is 1. The Bertz CT molecular complexity index is 543. The Hall–Kier alpha value is -2.24. The van der Waals surface area contributed by atoms with Crippen LogP contribution in [0, 0.1) is 5.92 Å². The summed E-state index contributed by atoms with van der Waals surface area (Å²) in [6.45, 7) is 4.14. The average Bonchev–Trinajstić information content (AvgIpc) is 2.83. The van der Waals surface area contributed by atoms with E-state index in [4.69, 9.17) is 9.84 Å². The normalized spacial score (nSPS) is 21.6. The highest BCUT2D eigenvalue weighted by atomic mass is 16.5. The molecule has 0 saturated carbocycles. The van der Waals surface area contributed by atoms with Gasteiger partial charge in [0.1, 0.15) is 17.8 Å². The van der Waals surface area contributed by atoms with Crippen LogP contribution in [0.2, 0.25) is 0 Å². The van der Waals surface area contributed by atoms with E-state index in [1.807, 2.05) is 18.2 Å². The fraction of sp³-hybridized carbons (Fsp3) is 0.467. The van der Waals surface area contributed by atoms with Crippen molar-refractivity contribution in [2.75, 3.05) is 13.1 Å². The van der Waals surface area contributed by atoms with E-state index in [1.165, 1.54) is 0 Å². The van der Waals surface area contributed by atoms with Gasteiger partial charge in [-0.05, 0) is 23.6 Å². The summed E-state index contributed by atoms with van der Waals surface area (Å²) in [5.74, 6) is -0.972. The van der Waals surface area contributed by atoms with Crippen molar-refractivity contribution in [1.82, 2.24) is 4.90 Å². The molecular weight excluding hydrogens is 274 g/mol. The third kappa shape index (κ3) is 3.45. The third-order valence-corrected chi connectivity index (χ3v) is 3.67. The van der Waals surface area contributed by atoms with Crippen LogP contribution in [0.5, 0.6) is 5.75 Å². The van der Waals surface area contributed by atoms with Crippen LogP contribution < -0.4 is 4.74 Å². The van der Waals surface area contributed by atoms with Crippen LogP contribution in [-0.4, -0.2) is 46.4 Å². The number of hydrogen-bond acceptors (Lipinski definition) is 3. The Labute approximate surface area is 122 Å². The minimum atomic E-state index is -1.12. The van der Waals surface area contributed by atoms with Crippen molar-refractivity contribution >= 4 is 12.1 Å². The van der Waals surface area contributed by atoms with Gasteiger partial charge >= 0.3 is 12.1 Å². The van der Waals surface area contributed by atoms with Gasteiger partial charge in [-0.25, -0.2) is 4.79 Å². The summed E-state index contributed by atoms with van der Waals surface area (Å²) in [4.78, 5) is 23.3. The molecule has 0 aliphatic carbocycles. The van der Waals surface area contributed by atoms with Crippen LogP contribution in [0.4, 0.5) is 4.79 Å². The molecule has 1 amide bonds. The second-order valence-electron chi connectivity index (χ2n) is 5.52. The Balaban J connectivity index is 2.15. The maximum Gasteiger partial charge on any atom is 0.407 e. The Kier molecular flexibility index (Phi) is 4.35. The van der Waals surface area contributed by atoms with E-state index in [2.05, 4.69) is 13.8 Å². The van der Waals surface area contributed by atoms with E-state index in [1.54, 1.807) is 6.07 Å². The molecule has 1 aromatic carbocycles. The van der Waals surface area contributed by atoms with Crippen LogP contribution in [0.1, 0.15) is 25.3 Å². The first-order chi connectivity index (χ1) is 9.88. The fourth-order valence-electron chi connectivity index (χ4n) is 2.41. The van der Waals surface area contributed by atoms with Crippen molar-refractivity contribution in [3.8, 4) is 5.75 Å². The zero-order valence-electron chi connectivity index (χ0n) is 12.0. The van der Waals surface area contributed by atoms with Gasteiger partial charge in [-0.2, -0.15) is 0 Å². The highest BCUT2D eigenvalue weighted by molar-refractivity contribution is 5.74. The Morgan fingerprint density at radius 1 is 1.29 bits per heavy atom. The molecule has 2 N–H and O–H groups in total. The number of rotatable bonds is 4. The monoisotopic (exact) mass is 293 g/mol. The van der Waals surface area contributed by atoms with Crippen molar-refractivity contribution in [2.24, 2.45) is 5.92 Å². The minimum absolute atomic E-state index is 0.0425. The van der Waals surface area contributed by atoms with Gasteiger partial charge in [0.25, 0.3) is 0 Å². The zero-order valence-corrected chi connectivity index (χ0v) is 12.0. The smallest absolute Gasteiger partial charge is 0.407 e. The van der Waals surface area contributed by atoms with E-state index in [0.29, 0.717) is 11.7 Å². The molecule has 114 valence electrons. The van der Waals surface area contributed by atoms with Gasteiger partial charge in [-0.3, -0.25) is 4.79 Å². The van der Waals surface area contributed by atoms with Crippen LogP contribution in [0.3, 0.4) is 0 Å². The van der Waals surface area contributed by atoms with Crippen molar-refractivity contribution in [3.05, 3.63) is 29.8 Å². The number of carboxylic acids is 1. The molecule has 2 rings (SSSR count). The number of nitrogens with zero attached hydrogens (tertiary/aromatic N) is 1. The second-order valence-corrected chi connectivity index (χ2v) is 5.52. The molecule has 1 aromatic rings. The predicted molar refractivity (Wildman–Crippen MR) is 75.7 cm³/mol. The van der Waals surface area contributed by atoms with Crippen LogP contribution >= 0.6 is 0 Å². The molecule has 1 fully saturated rings. The molecule has 0 spiro atoms. The van der Waals surface area contributed by atoms with Gasteiger partial charge in [-0.1, -0.05) is 26.0 Å². The summed E-state index contributed by atoms with van der Waals surface area (Å²) in [7, 11) is 0. The number of hydrogen-bond donors (Lipinski definition) is 2. The standard InChI is InChI=1S/C15H19NO5/c1-9(2)10-4-3-5-11(6-10)21-13-8-16(15(19)20)7-12(13)14(17)18/h3-6,9,12-13H,7-8H2,1-2H3,(H,17,18)(H,19,20)/t12-,13+/m1/s1. The topological polar surface area (TPSA) is 87.1 Å². The molecule has 21 heavy (non-hydrogen) atoms. The maximum absolute atomic E-state index is 11.2. The molecule has 1 aliphatic heterocycles. The van der Waals surface area contributed by atoms with Gasteiger partial charge in [0.2, 0.25) is 0 Å². The Morgan fingerprint density at radius 2 is 2.00 bits per heavy atom. The molecule has 0 radical (unpaired) electrons. The Morgan fingerprint density at radius 3 is 2.57 bits per heavy atom. The largest absolute Gasteiger partial charge is 0.488 e. The first-order valence-electron chi connectivity index (χ1n) is 6.85. The number of benzene rings is 1. The number of carboxylic acid groups (broad SMARTS) is 2. The summed E-state index contributed by atoms with van der Waals surface area (Å²) in [5, 5.41) is 18.2. The van der Waals surface area contributed by atoms with Gasteiger partial charge in [0.05, 0.1) is 6.54 Å². The lowest BCUT2D eigenvalue weighted by molar-refractivity contribution is -0.143. The highest BCUT2D eigenvalue weighted by Crippen LogP contribution is 2.26. The lowest BCUT2D eigenvalue weighted by Crippen LogP contribution is -2.31. The third-order valence-electron chi connectivity index (χ3n) is 3.67. The SMILES string of the molecule is CC(C)c1cccc(O[C@H]2CN(C(=O)O)C[C@H]2C(=O)O)c1. The summed E-state index contributed by atoms with van der Waals surface area (Å²) >= 11 is 0. The molecule has 1 aliphatic rings. The zero-order chi connectivity index (χ0) is 15.6. The van der Waals surface area contributed by atoms with E-state index in [9.17, 15) is 14.7 Å².